The average Bonchev–Trinajstić information content (AvgIpc) is 2.87. The average molecular weight is 317 g/mol. The Morgan fingerprint density at radius 2 is 2.18 bits per heavy atom. The Labute approximate surface area is 114 Å². The summed E-state index contributed by atoms with van der Waals surface area (Å²) >= 11 is 5.19. The van der Waals surface area contributed by atoms with E-state index in [0.717, 1.165) is 10.3 Å². The third kappa shape index (κ3) is 3.79. The van der Waals surface area contributed by atoms with Gasteiger partial charge < -0.3 is 5.73 Å². The van der Waals surface area contributed by atoms with Gasteiger partial charge in [0.1, 0.15) is 0 Å². The summed E-state index contributed by atoms with van der Waals surface area (Å²) in [6.45, 7) is 1.21. The van der Waals surface area contributed by atoms with Gasteiger partial charge in [-0.15, -0.1) is 11.3 Å². The van der Waals surface area contributed by atoms with Crippen LogP contribution in [0.15, 0.2) is 15.9 Å². The molecule has 0 spiro atoms. The fourth-order valence-corrected chi connectivity index (χ4v) is 3.93. The molecule has 94 valence electrons. The lowest BCUT2D eigenvalue weighted by Crippen LogP contribution is -2.39. The van der Waals surface area contributed by atoms with E-state index < -0.39 is 0 Å². The Morgan fingerprint density at radius 3 is 2.71 bits per heavy atom. The molecule has 17 heavy (non-hydrogen) atoms. The number of thiophene rings is 1. The maximum absolute atomic E-state index is 11.1. The molecular weight excluding hydrogens is 300 g/mol. The molecule has 1 aromatic heterocycles. The summed E-state index contributed by atoms with van der Waals surface area (Å²) in [7, 11) is 0. The van der Waals surface area contributed by atoms with Crippen LogP contribution < -0.4 is 5.73 Å². The fraction of sp³-hybridized carbons (Fsp3) is 0.583. The number of hydrogen-bond acceptors (Lipinski definition) is 3. The van der Waals surface area contributed by atoms with E-state index >= 15 is 0 Å². The molecule has 2 rings (SSSR count). The normalized spacial score (nSPS) is 16.8. The minimum atomic E-state index is -0.229. The maximum Gasteiger partial charge on any atom is 0.231 e. The lowest BCUT2D eigenvalue weighted by molar-refractivity contribution is -0.119. The quantitative estimate of drug-likeness (QED) is 0.908. The molecule has 0 radical (unpaired) electrons. The monoisotopic (exact) mass is 316 g/mol. The third-order valence-electron chi connectivity index (χ3n) is 3.19. The molecule has 2 N–H and O–H groups in total. The van der Waals surface area contributed by atoms with Crippen LogP contribution in [0.25, 0.3) is 0 Å². The van der Waals surface area contributed by atoms with Gasteiger partial charge in [-0.3, -0.25) is 9.69 Å². The summed E-state index contributed by atoms with van der Waals surface area (Å²) in [5.41, 5.74) is 5.33. The maximum atomic E-state index is 11.1. The highest BCUT2D eigenvalue weighted by molar-refractivity contribution is 9.11. The van der Waals surface area contributed by atoms with E-state index in [0.29, 0.717) is 12.6 Å². The zero-order valence-corrected chi connectivity index (χ0v) is 12.1. The van der Waals surface area contributed by atoms with Gasteiger partial charge in [-0.2, -0.15) is 0 Å². The minimum Gasteiger partial charge on any atom is -0.369 e. The van der Waals surface area contributed by atoms with Gasteiger partial charge in [0, 0.05) is 17.5 Å². The highest BCUT2D eigenvalue weighted by Crippen LogP contribution is 2.28. The zero-order chi connectivity index (χ0) is 12.3. The van der Waals surface area contributed by atoms with Crippen molar-refractivity contribution in [2.45, 2.75) is 38.3 Å². The Hall–Kier alpha value is -0.390. The number of nitrogens with two attached hydrogens (primary N) is 1. The number of amides is 1. The van der Waals surface area contributed by atoms with Crippen molar-refractivity contribution in [2.75, 3.05) is 6.54 Å². The Bertz CT molecular complexity index is 388. The minimum absolute atomic E-state index is 0.229. The molecule has 3 nitrogen and oxygen atoms in total. The van der Waals surface area contributed by atoms with Crippen molar-refractivity contribution >= 4 is 33.2 Å². The molecule has 5 heteroatoms. The molecule has 0 atom stereocenters. The predicted octanol–water partition coefficient (Wildman–Crippen LogP) is 2.74. The Morgan fingerprint density at radius 1 is 1.47 bits per heavy atom. The van der Waals surface area contributed by atoms with Crippen LogP contribution in [-0.2, 0) is 11.3 Å². The highest BCUT2D eigenvalue weighted by atomic mass is 79.9. The van der Waals surface area contributed by atoms with Gasteiger partial charge in [-0.25, -0.2) is 0 Å². The van der Waals surface area contributed by atoms with E-state index in [1.54, 1.807) is 11.3 Å². The van der Waals surface area contributed by atoms with Crippen molar-refractivity contribution in [1.82, 2.24) is 4.90 Å². The number of rotatable bonds is 5. The Balaban J connectivity index is 2.01. The van der Waals surface area contributed by atoms with Gasteiger partial charge >= 0.3 is 0 Å². The first-order valence-electron chi connectivity index (χ1n) is 5.91. The fourth-order valence-electron chi connectivity index (χ4n) is 2.42. The van der Waals surface area contributed by atoms with Crippen LogP contribution in [0.4, 0.5) is 0 Å². The standard InChI is InChI=1S/C12H17BrN2OS/c13-11-6-5-10(17-11)7-15(8-12(14)16)9-3-1-2-4-9/h5-6,9H,1-4,7-8H2,(H2,14,16). The molecular formula is C12H17BrN2OS. The molecule has 1 aliphatic carbocycles. The summed E-state index contributed by atoms with van der Waals surface area (Å²) in [6.07, 6.45) is 4.93. The number of hydrogen-bond donors (Lipinski definition) is 1. The van der Waals surface area contributed by atoms with Gasteiger partial charge in [0.15, 0.2) is 0 Å². The van der Waals surface area contributed by atoms with Crippen molar-refractivity contribution in [3.05, 3.63) is 20.8 Å². The molecule has 1 fully saturated rings. The molecule has 0 aliphatic heterocycles. The first kappa shape index (κ1) is 13.1. The van der Waals surface area contributed by atoms with Crippen LogP contribution in [0.5, 0.6) is 0 Å². The second kappa shape index (κ2) is 5.98. The van der Waals surface area contributed by atoms with Crippen LogP contribution in [0.1, 0.15) is 30.6 Å². The lowest BCUT2D eigenvalue weighted by atomic mass is 10.2. The predicted molar refractivity (Wildman–Crippen MR) is 73.9 cm³/mol. The molecule has 1 aromatic rings. The van der Waals surface area contributed by atoms with Crippen LogP contribution in [0.3, 0.4) is 0 Å². The van der Waals surface area contributed by atoms with Gasteiger partial charge in [-0.05, 0) is 40.9 Å². The van der Waals surface area contributed by atoms with Gasteiger partial charge in [0.25, 0.3) is 0 Å². The van der Waals surface area contributed by atoms with E-state index in [9.17, 15) is 4.79 Å². The van der Waals surface area contributed by atoms with E-state index in [4.69, 9.17) is 5.73 Å². The van der Waals surface area contributed by atoms with Crippen molar-refractivity contribution in [3.8, 4) is 0 Å². The van der Waals surface area contributed by atoms with Crippen LogP contribution >= 0.6 is 27.3 Å². The highest BCUT2D eigenvalue weighted by Gasteiger charge is 2.24. The smallest absolute Gasteiger partial charge is 0.231 e. The molecule has 0 bridgehead atoms. The van der Waals surface area contributed by atoms with Crippen molar-refractivity contribution in [2.24, 2.45) is 5.73 Å². The molecule has 1 aliphatic rings. The second-order valence-electron chi connectivity index (χ2n) is 4.52. The lowest BCUT2D eigenvalue weighted by Gasteiger charge is -2.26. The van der Waals surface area contributed by atoms with E-state index in [1.165, 1.54) is 30.6 Å². The summed E-state index contributed by atoms with van der Waals surface area (Å²) in [5, 5.41) is 0. The van der Waals surface area contributed by atoms with Crippen molar-refractivity contribution in [1.29, 1.82) is 0 Å². The number of primary amides is 1. The summed E-state index contributed by atoms with van der Waals surface area (Å²) in [4.78, 5) is 14.6. The van der Waals surface area contributed by atoms with Gasteiger partial charge in [0.05, 0.1) is 10.3 Å². The third-order valence-corrected chi connectivity index (χ3v) is 4.80. The summed E-state index contributed by atoms with van der Waals surface area (Å²) < 4.78 is 1.14. The zero-order valence-electron chi connectivity index (χ0n) is 9.69. The number of halogens is 1. The Kier molecular flexibility index (Phi) is 4.59. The van der Waals surface area contributed by atoms with E-state index in [1.807, 2.05) is 0 Å². The molecule has 1 heterocycles. The second-order valence-corrected chi connectivity index (χ2v) is 7.06. The molecule has 0 aromatic carbocycles. The van der Waals surface area contributed by atoms with Gasteiger partial charge in [-0.1, -0.05) is 12.8 Å². The SMILES string of the molecule is NC(=O)CN(Cc1ccc(Br)s1)C1CCCC1. The molecule has 0 unspecified atom stereocenters. The number of carbonyl (C=O) groups excluding carboxylic acids is 1. The largest absolute Gasteiger partial charge is 0.369 e. The van der Waals surface area contributed by atoms with Crippen molar-refractivity contribution in [3.63, 3.8) is 0 Å². The summed E-state index contributed by atoms with van der Waals surface area (Å²) in [5.74, 6) is -0.229. The topological polar surface area (TPSA) is 46.3 Å². The molecule has 1 saturated carbocycles. The summed E-state index contributed by atoms with van der Waals surface area (Å²) in [6, 6.07) is 4.69. The number of carbonyl (C=O) groups is 1. The van der Waals surface area contributed by atoms with Crippen LogP contribution in [0.2, 0.25) is 0 Å². The number of nitrogens with zero attached hydrogens (tertiary/aromatic N) is 1. The van der Waals surface area contributed by atoms with Crippen LogP contribution in [0, 0.1) is 0 Å². The van der Waals surface area contributed by atoms with E-state index in [2.05, 4.69) is 33.0 Å². The first-order chi connectivity index (χ1) is 8.15. The molecule has 0 saturated heterocycles. The first-order valence-corrected chi connectivity index (χ1v) is 7.52. The van der Waals surface area contributed by atoms with Crippen molar-refractivity contribution < 1.29 is 4.79 Å². The van der Waals surface area contributed by atoms with Crippen LogP contribution in [-0.4, -0.2) is 23.4 Å². The van der Waals surface area contributed by atoms with Gasteiger partial charge in [0.2, 0.25) is 5.91 Å². The van der Waals surface area contributed by atoms with E-state index in [-0.39, 0.29) is 5.91 Å². The molecule has 1 amide bonds.